The van der Waals surface area contributed by atoms with Gasteiger partial charge in [-0.3, -0.25) is 10.1 Å². The zero-order valence-electron chi connectivity index (χ0n) is 14.3. The number of rotatable bonds is 7. The SMILES string of the molecule is CCOC[C@@H](Nc1c([N+](=O)[O-])cnc2ccccc12)C1(O)CCCC1. The van der Waals surface area contributed by atoms with Crippen LogP contribution in [0, 0.1) is 10.1 Å². The van der Waals surface area contributed by atoms with Gasteiger partial charge in [0.05, 0.1) is 28.7 Å². The van der Waals surface area contributed by atoms with E-state index in [-0.39, 0.29) is 5.69 Å². The summed E-state index contributed by atoms with van der Waals surface area (Å²) in [5.74, 6) is 0. The molecule has 0 bridgehead atoms. The topological polar surface area (TPSA) is 97.5 Å². The highest BCUT2D eigenvalue weighted by molar-refractivity contribution is 5.95. The Morgan fingerprint density at radius 1 is 1.40 bits per heavy atom. The maximum Gasteiger partial charge on any atom is 0.311 e. The molecule has 0 radical (unpaired) electrons. The van der Waals surface area contributed by atoms with Crippen molar-refractivity contribution in [1.29, 1.82) is 0 Å². The number of para-hydroxylation sites is 1. The Kier molecular flexibility index (Phi) is 5.15. The molecule has 1 aromatic carbocycles. The molecule has 0 amide bonds. The highest BCUT2D eigenvalue weighted by atomic mass is 16.6. The summed E-state index contributed by atoms with van der Waals surface area (Å²) in [5.41, 5.74) is 0.0412. The highest BCUT2D eigenvalue weighted by Gasteiger charge is 2.40. The van der Waals surface area contributed by atoms with Gasteiger partial charge in [0.1, 0.15) is 11.9 Å². The van der Waals surface area contributed by atoms with Crippen LogP contribution in [-0.4, -0.2) is 39.9 Å². The Hall–Kier alpha value is -2.25. The average molecular weight is 345 g/mol. The van der Waals surface area contributed by atoms with E-state index in [9.17, 15) is 15.2 Å². The highest BCUT2D eigenvalue weighted by Crippen LogP contribution is 2.37. The summed E-state index contributed by atoms with van der Waals surface area (Å²) < 4.78 is 5.55. The van der Waals surface area contributed by atoms with Gasteiger partial charge >= 0.3 is 5.69 Å². The molecule has 0 aliphatic heterocycles. The minimum atomic E-state index is -0.923. The van der Waals surface area contributed by atoms with E-state index < -0.39 is 16.6 Å². The van der Waals surface area contributed by atoms with Gasteiger partial charge in [0.15, 0.2) is 0 Å². The number of nitrogens with zero attached hydrogens (tertiary/aromatic N) is 2. The number of aromatic nitrogens is 1. The summed E-state index contributed by atoms with van der Waals surface area (Å²) in [5, 5.41) is 26.4. The van der Waals surface area contributed by atoms with Crippen molar-refractivity contribution in [1.82, 2.24) is 4.98 Å². The van der Waals surface area contributed by atoms with Gasteiger partial charge in [0.25, 0.3) is 0 Å². The molecule has 1 aliphatic rings. The Labute approximate surface area is 146 Å². The van der Waals surface area contributed by atoms with E-state index in [2.05, 4.69) is 10.3 Å². The van der Waals surface area contributed by atoms with Crippen molar-refractivity contribution in [2.75, 3.05) is 18.5 Å². The van der Waals surface area contributed by atoms with E-state index in [4.69, 9.17) is 4.74 Å². The van der Waals surface area contributed by atoms with Crippen LogP contribution in [-0.2, 0) is 4.74 Å². The Balaban J connectivity index is 2.03. The lowest BCUT2D eigenvalue weighted by Gasteiger charge is -2.34. The molecular formula is C18H23N3O4. The van der Waals surface area contributed by atoms with Crippen LogP contribution in [0.2, 0.25) is 0 Å². The summed E-state index contributed by atoms with van der Waals surface area (Å²) in [6.45, 7) is 2.70. The minimum absolute atomic E-state index is 0.0956. The molecule has 0 unspecified atom stereocenters. The van der Waals surface area contributed by atoms with Gasteiger partial charge in [-0.25, -0.2) is 4.98 Å². The third-order valence-electron chi connectivity index (χ3n) is 4.88. The molecule has 25 heavy (non-hydrogen) atoms. The molecule has 134 valence electrons. The second-order valence-corrected chi connectivity index (χ2v) is 6.46. The quantitative estimate of drug-likeness (QED) is 0.590. The molecule has 2 aromatic rings. The number of hydrogen-bond donors (Lipinski definition) is 2. The van der Waals surface area contributed by atoms with Gasteiger partial charge in [0.2, 0.25) is 0 Å². The van der Waals surface area contributed by atoms with Crippen molar-refractivity contribution < 1.29 is 14.8 Å². The van der Waals surface area contributed by atoms with Gasteiger partial charge in [-0.2, -0.15) is 0 Å². The van der Waals surface area contributed by atoms with E-state index in [0.29, 0.717) is 42.6 Å². The molecule has 2 N–H and O–H groups in total. The first-order valence-electron chi connectivity index (χ1n) is 8.64. The number of benzene rings is 1. The predicted molar refractivity (Wildman–Crippen MR) is 95.7 cm³/mol. The van der Waals surface area contributed by atoms with Crippen LogP contribution >= 0.6 is 0 Å². The average Bonchev–Trinajstić information content (AvgIpc) is 3.05. The lowest BCUT2D eigenvalue weighted by molar-refractivity contribution is -0.384. The fourth-order valence-electron chi connectivity index (χ4n) is 3.50. The van der Waals surface area contributed by atoms with Crippen molar-refractivity contribution >= 4 is 22.3 Å². The Bertz CT molecular complexity index is 759. The van der Waals surface area contributed by atoms with E-state index >= 15 is 0 Å². The fraction of sp³-hybridized carbons (Fsp3) is 0.500. The van der Waals surface area contributed by atoms with Gasteiger partial charge in [-0.05, 0) is 25.8 Å². The van der Waals surface area contributed by atoms with Gasteiger partial charge in [-0.1, -0.05) is 31.0 Å². The first-order chi connectivity index (χ1) is 12.0. The zero-order chi connectivity index (χ0) is 17.9. The fourth-order valence-corrected chi connectivity index (χ4v) is 3.50. The van der Waals surface area contributed by atoms with E-state index in [1.165, 1.54) is 6.20 Å². The minimum Gasteiger partial charge on any atom is -0.388 e. The summed E-state index contributed by atoms with van der Waals surface area (Å²) in [4.78, 5) is 15.2. The number of nitrogens with one attached hydrogen (secondary N) is 1. The molecule has 7 nitrogen and oxygen atoms in total. The summed E-state index contributed by atoms with van der Waals surface area (Å²) in [7, 11) is 0. The van der Waals surface area contributed by atoms with Crippen LogP contribution in [0.15, 0.2) is 30.5 Å². The molecule has 7 heteroatoms. The normalized spacial score (nSPS) is 17.5. The number of pyridine rings is 1. The summed E-state index contributed by atoms with van der Waals surface area (Å²) in [6, 6.07) is 6.85. The Morgan fingerprint density at radius 2 is 2.12 bits per heavy atom. The predicted octanol–water partition coefficient (Wildman–Crippen LogP) is 3.27. The van der Waals surface area contributed by atoms with Crippen molar-refractivity contribution in [2.24, 2.45) is 0 Å². The maximum atomic E-state index is 11.5. The van der Waals surface area contributed by atoms with Crippen LogP contribution < -0.4 is 5.32 Å². The van der Waals surface area contributed by atoms with Crippen molar-refractivity contribution in [3.8, 4) is 0 Å². The van der Waals surface area contributed by atoms with Crippen molar-refractivity contribution in [3.63, 3.8) is 0 Å². The molecule has 1 atom stereocenters. The van der Waals surface area contributed by atoms with Crippen LogP contribution in [0.5, 0.6) is 0 Å². The number of ether oxygens (including phenoxy) is 1. The molecule has 1 aromatic heterocycles. The van der Waals surface area contributed by atoms with Crippen LogP contribution in [0.25, 0.3) is 10.9 Å². The van der Waals surface area contributed by atoms with Crippen molar-refractivity contribution in [2.45, 2.75) is 44.2 Å². The molecule has 1 aliphatic carbocycles. The maximum absolute atomic E-state index is 11.5. The smallest absolute Gasteiger partial charge is 0.311 e. The summed E-state index contributed by atoms with van der Waals surface area (Å²) in [6.07, 6.45) is 4.48. The molecule has 1 heterocycles. The molecule has 1 fully saturated rings. The number of fused-ring (bicyclic) bond motifs is 1. The number of aliphatic hydroxyl groups is 1. The standard InChI is InChI=1S/C18H23N3O4/c1-2-25-12-16(18(22)9-5-6-10-18)20-17-13-7-3-4-8-14(13)19-11-15(17)21(23)24/h3-4,7-8,11,16,22H,2,5-6,9-10,12H2,1H3,(H,19,20)/t16-/m1/s1. The van der Waals surface area contributed by atoms with Crippen LogP contribution in [0.4, 0.5) is 11.4 Å². The second kappa shape index (κ2) is 7.33. The number of hydrogen-bond acceptors (Lipinski definition) is 6. The first-order valence-corrected chi connectivity index (χ1v) is 8.64. The van der Waals surface area contributed by atoms with E-state index in [1.54, 1.807) is 6.07 Å². The third-order valence-corrected chi connectivity index (χ3v) is 4.88. The lowest BCUT2D eigenvalue weighted by atomic mass is 9.92. The molecule has 0 spiro atoms. The molecule has 1 saturated carbocycles. The number of nitro groups is 1. The lowest BCUT2D eigenvalue weighted by Crippen LogP contribution is -2.48. The second-order valence-electron chi connectivity index (χ2n) is 6.46. The molecular weight excluding hydrogens is 322 g/mol. The van der Waals surface area contributed by atoms with Crippen molar-refractivity contribution in [3.05, 3.63) is 40.6 Å². The largest absolute Gasteiger partial charge is 0.388 e. The zero-order valence-corrected chi connectivity index (χ0v) is 14.3. The summed E-state index contributed by atoms with van der Waals surface area (Å²) >= 11 is 0. The van der Waals surface area contributed by atoms with Crippen LogP contribution in [0.3, 0.4) is 0 Å². The monoisotopic (exact) mass is 345 g/mol. The van der Waals surface area contributed by atoms with Gasteiger partial charge in [0, 0.05) is 12.0 Å². The molecule has 0 saturated heterocycles. The van der Waals surface area contributed by atoms with Gasteiger partial charge < -0.3 is 15.2 Å². The van der Waals surface area contributed by atoms with Gasteiger partial charge in [-0.15, -0.1) is 0 Å². The van der Waals surface area contributed by atoms with E-state index in [0.717, 1.165) is 12.8 Å². The number of anilines is 1. The molecule has 3 rings (SSSR count). The first kappa shape index (κ1) is 17.6. The Morgan fingerprint density at radius 3 is 2.80 bits per heavy atom. The third kappa shape index (κ3) is 3.57. The van der Waals surface area contributed by atoms with Crippen LogP contribution in [0.1, 0.15) is 32.6 Å². The van der Waals surface area contributed by atoms with E-state index in [1.807, 2.05) is 25.1 Å².